The summed E-state index contributed by atoms with van der Waals surface area (Å²) in [5.41, 5.74) is 4.22. The third kappa shape index (κ3) is 2.87. The molecule has 0 unspecified atom stereocenters. The maximum absolute atomic E-state index is 12.6. The highest BCUT2D eigenvalue weighted by atomic mass is 16.7. The number of hydrogen-bond donors (Lipinski definition) is 0. The van der Waals surface area contributed by atoms with Gasteiger partial charge in [-0.15, -0.1) is 0 Å². The van der Waals surface area contributed by atoms with Crippen molar-refractivity contribution < 1.29 is 14.3 Å². The number of fused-ring (bicyclic) bond motifs is 1. The van der Waals surface area contributed by atoms with E-state index >= 15 is 0 Å². The highest BCUT2D eigenvalue weighted by Gasteiger charge is 2.26. The molecule has 2 aromatic carbocycles. The molecule has 0 N–H and O–H groups in total. The van der Waals surface area contributed by atoms with E-state index < -0.39 is 0 Å². The fourth-order valence-corrected chi connectivity index (χ4v) is 3.07. The minimum Gasteiger partial charge on any atom is -0.454 e. The molecule has 122 valence electrons. The van der Waals surface area contributed by atoms with Crippen LogP contribution >= 0.6 is 0 Å². The summed E-state index contributed by atoms with van der Waals surface area (Å²) in [6.07, 6.45) is 2.73. The molecule has 0 radical (unpaired) electrons. The lowest BCUT2D eigenvalue weighted by Gasteiger charge is -2.15. The molecule has 4 heteroatoms. The summed E-state index contributed by atoms with van der Waals surface area (Å²) in [4.78, 5) is 14.5. The molecule has 2 aliphatic heterocycles. The topological polar surface area (TPSA) is 38.8 Å². The Hall–Kier alpha value is -2.75. The van der Waals surface area contributed by atoms with E-state index in [1.165, 1.54) is 11.1 Å². The van der Waals surface area contributed by atoms with Crippen molar-refractivity contribution in [3.63, 3.8) is 0 Å². The van der Waals surface area contributed by atoms with Gasteiger partial charge in [0.1, 0.15) is 0 Å². The van der Waals surface area contributed by atoms with Gasteiger partial charge in [-0.25, -0.2) is 0 Å². The largest absolute Gasteiger partial charge is 0.454 e. The van der Waals surface area contributed by atoms with Crippen molar-refractivity contribution in [1.82, 2.24) is 4.90 Å². The smallest absolute Gasteiger partial charge is 0.250 e. The highest BCUT2D eigenvalue weighted by Crippen LogP contribution is 2.33. The SMILES string of the molecule is Cc1ccc(CN2CC/C(=C\c3ccc4c(c3)OCO4)C2=O)cc1. The first-order valence-electron chi connectivity index (χ1n) is 8.14. The summed E-state index contributed by atoms with van der Waals surface area (Å²) in [7, 11) is 0. The number of benzene rings is 2. The molecule has 1 fully saturated rings. The molecule has 24 heavy (non-hydrogen) atoms. The van der Waals surface area contributed by atoms with Gasteiger partial charge in [0, 0.05) is 18.7 Å². The minimum atomic E-state index is 0.119. The molecular weight excluding hydrogens is 302 g/mol. The molecule has 0 aromatic heterocycles. The molecule has 2 aromatic rings. The first kappa shape index (κ1) is 14.8. The predicted octanol–water partition coefficient (Wildman–Crippen LogP) is 3.54. The van der Waals surface area contributed by atoms with Crippen molar-refractivity contribution in [3.05, 3.63) is 64.7 Å². The molecule has 2 aliphatic rings. The van der Waals surface area contributed by atoms with Crippen LogP contribution in [0.1, 0.15) is 23.1 Å². The van der Waals surface area contributed by atoms with Gasteiger partial charge in [0.05, 0.1) is 0 Å². The Bertz CT molecular complexity index is 808. The van der Waals surface area contributed by atoms with Crippen LogP contribution in [0.5, 0.6) is 11.5 Å². The van der Waals surface area contributed by atoms with E-state index in [4.69, 9.17) is 9.47 Å². The minimum absolute atomic E-state index is 0.119. The van der Waals surface area contributed by atoms with Crippen molar-refractivity contribution >= 4 is 12.0 Å². The molecule has 2 heterocycles. The van der Waals surface area contributed by atoms with Gasteiger partial charge in [-0.3, -0.25) is 4.79 Å². The zero-order valence-corrected chi connectivity index (χ0v) is 13.6. The van der Waals surface area contributed by atoms with Crippen LogP contribution in [-0.4, -0.2) is 24.1 Å². The second-order valence-electron chi connectivity index (χ2n) is 6.24. The van der Waals surface area contributed by atoms with Gasteiger partial charge < -0.3 is 14.4 Å². The fourth-order valence-electron chi connectivity index (χ4n) is 3.07. The number of hydrogen-bond acceptors (Lipinski definition) is 3. The average molecular weight is 321 g/mol. The molecule has 1 saturated heterocycles. The van der Waals surface area contributed by atoms with Gasteiger partial charge in [-0.2, -0.15) is 0 Å². The second-order valence-corrected chi connectivity index (χ2v) is 6.24. The number of carbonyl (C=O) groups excluding carboxylic acids is 1. The zero-order valence-electron chi connectivity index (χ0n) is 13.6. The lowest BCUT2D eigenvalue weighted by atomic mass is 10.1. The molecule has 4 nitrogen and oxygen atoms in total. The van der Waals surface area contributed by atoms with Crippen molar-refractivity contribution in [3.8, 4) is 11.5 Å². The highest BCUT2D eigenvalue weighted by molar-refractivity contribution is 5.99. The quantitative estimate of drug-likeness (QED) is 0.812. The first-order chi connectivity index (χ1) is 11.7. The van der Waals surface area contributed by atoms with Gasteiger partial charge in [0.15, 0.2) is 11.5 Å². The molecule has 0 spiro atoms. The van der Waals surface area contributed by atoms with Crippen LogP contribution in [-0.2, 0) is 11.3 Å². The normalized spacial score (nSPS) is 17.8. The van der Waals surface area contributed by atoms with Crippen LogP contribution in [0.15, 0.2) is 48.0 Å². The molecule has 0 bridgehead atoms. The summed E-state index contributed by atoms with van der Waals surface area (Å²) in [5, 5.41) is 0. The first-order valence-corrected chi connectivity index (χ1v) is 8.14. The molecule has 0 atom stereocenters. The summed E-state index contributed by atoms with van der Waals surface area (Å²) < 4.78 is 10.7. The Balaban J connectivity index is 1.49. The Labute approximate surface area is 141 Å². The summed E-state index contributed by atoms with van der Waals surface area (Å²) in [6.45, 7) is 3.76. The van der Waals surface area contributed by atoms with Crippen molar-refractivity contribution in [1.29, 1.82) is 0 Å². The van der Waals surface area contributed by atoms with E-state index in [0.717, 1.165) is 35.6 Å². The van der Waals surface area contributed by atoms with Crippen molar-refractivity contribution in [2.75, 3.05) is 13.3 Å². The van der Waals surface area contributed by atoms with Crippen LogP contribution in [0.2, 0.25) is 0 Å². The standard InChI is InChI=1S/C20H19NO3/c1-14-2-4-15(5-3-14)12-21-9-8-17(20(21)22)10-16-6-7-18-19(11-16)24-13-23-18/h2-7,10-11H,8-9,12-13H2,1H3/b17-10+. The summed E-state index contributed by atoms with van der Waals surface area (Å²) in [6, 6.07) is 14.1. The van der Waals surface area contributed by atoms with Gasteiger partial charge in [-0.1, -0.05) is 35.9 Å². The van der Waals surface area contributed by atoms with E-state index in [1.807, 2.05) is 29.2 Å². The third-order valence-electron chi connectivity index (χ3n) is 4.44. The lowest BCUT2D eigenvalue weighted by Crippen LogP contribution is -2.24. The van der Waals surface area contributed by atoms with Crippen LogP contribution < -0.4 is 9.47 Å². The van der Waals surface area contributed by atoms with E-state index in [9.17, 15) is 4.79 Å². The molecule has 4 rings (SSSR count). The van der Waals surface area contributed by atoms with Gasteiger partial charge in [0.25, 0.3) is 0 Å². The second kappa shape index (κ2) is 6.04. The lowest BCUT2D eigenvalue weighted by molar-refractivity contribution is -0.125. The number of aryl methyl sites for hydroxylation is 1. The van der Waals surface area contributed by atoms with Crippen LogP contribution in [0, 0.1) is 6.92 Å². The van der Waals surface area contributed by atoms with Crippen LogP contribution in [0.4, 0.5) is 0 Å². The fraction of sp³-hybridized carbons (Fsp3) is 0.250. The molecule has 1 amide bonds. The maximum atomic E-state index is 12.6. The average Bonchev–Trinajstić information content (AvgIpc) is 3.18. The van der Waals surface area contributed by atoms with Crippen molar-refractivity contribution in [2.45, 2.75) is 19.9 Å². The number of nitrogens with zero attached hydrogens (tertiary/aromatic N) is 1. The summed E-state index contributed by atoms with van der Waals surface area (Å²) >= 11 is 0. The van der Waals surface area contributed by atoms with E-state index in [2.05, 4.69) is 31.2 Å². The molecule has 0 saturated carbocycles. The van der Waals surface area contributed by atoms with E-state index in [1.54, 1.807) is 0 Å². The Kier molecular flexibility index (Phi) is 3.73. The van der Waals surface area contributed by atoms with E-state index in [-0.39, 0.29) is 12.7 Å². The monoisotopic (exact) mass is 321 g/mol. The van der Waals surface area contributed by atoms with Crippen LogP contribution in [0.3, 0.4) is 0 Å². The Morgan fingerprint density at radius 1 is 1.08 bits per heavy atom. The Morgan fingerprint density at radius 3 is 2.71 bits per heavy atom. The number of carbonyl (C=O) groups is 1. The number of rotatable bonds is 3. The van der Waals surface area contributed by atoms with Gasteiger partial charge in [0.2, 0.25) is 12.7 Å². The predicted molar refractivity (Wildman–Crippen MR) is 91.8 cm³/mol. The summed E-state index contributed by atoms with van der Waals surface area (Å²) in [5.74, 6) is 1.62. The van der Waals surface area contributed by atoms with Crippen LogP contribution in [0.25, 0.3) is 6.08 Å². The maximum Gasteiger partial charge on any atom is 0.250 e. The van der Waals surface area contributed by atoms with Gasteiger partial charge >= 0.3 is 0 Å². The van der Waals surface area contributed by atoms with Gasteiger partial charge in [-0.05, 0) is 42.7 Å². The zero-order chi connectivity index (χ0) is 16.5. The number of amides is 1. The third-order valence-corrected chi connectivity index (χ3v) is 4.44. The Morgan fingerprint density at radius 2 is 1.88 bits per heavy atom. The molecular formula is C20H19NO3. The molecule has 0 aliphatic carbocycles. The number of likely N-dealkylation sites (tertiary alicyclic amines) is 1. The number of ether oxygens (including phenoxy) is 2. The van der Waals surface area contributed by atoms with Crippen molar-refractivity contribution in [2.24, 2.45) is 0 Å². The van der Waals surface area contributed by atoms with E-state index in [0.29, 0.717) is 6.54 Å².